The fourth-order valence-corrected chi connectivity index (χ4v) is 1.81. The van der Waals surface area contributed by atoms with Crippen molar-refractivity contribution in [1.82, 2.24) is 4.98 Å². The second-order valence-corrected chi connectivity index (χ2v) is 4.08. The van der Waals surface area contributed by atoms with Gasteiger partial charge in [0.25, 0.3) is 0 Å². The largest absolute Gasteiger partial charge is 0.493 e. The second-order valence-electron chi connectivity index (χ2n) is 4.08. The Hall–Kier alpha value is -3.16. The molecule has 0 bridgehead atoms. The van der Waals surface area contributed by atoms with E-state index in [-0.39, 0.29) is 11.5 Å². The molecule has 114 valence electrons. The molecule has 8 heteroatoms. The van der Waals surface area contributed by atoms with Gasteiger partial charge in [0.15, 0.2) is 11.5 Å². The van der Waals surface area contributed by atoms with Gasteiger partial charge in [-0.05, 0) is 18.2 Å². The molecule has 1 aromatic carbocycles. The highest BCUT2D eigenvalue weighted by molar-refractivity contribution is 5.85. The van der Waals surface area contributed by atoms with Gasteiger partial charge in [0.2, 0.25) is 5.82 Å². The summed E-state index contributed by atoms with van der Waals surface area (Å²) in [5.41, 5.74) is 3.06. The molecule has 0 aliphatic heterocycles. The van der Waals surface area contributed by atoms with Crippen molar-refractivity contribution in [2.75, 3.05) is 19.6 Å². The van der Waals surface area contributed by atoms with E-state index >= 15 is 0 Å². The lowest BCUT2D eigenvalue weighted by molar-refractivity contribution is -0.384. The van der Waals surface area contributed by atoms with E-state index in [2.05, 4.69) is 15.5 Å². The Balaban J connectivity index is 2.22. The molecular weight excluding hydrogens is 288 g/mol. The average molecular weight is 302 g/mol. The third-order valence-corrected chi connectivity index (χ3v) is 2.79. The first-order valence-corrected chi connectivity index (χ1v) is 6.27. The second kappa shape index (κ2) is 7.02. The van der Waals surface area contributed by atoms with Crippen molar-refractivity contribution in [3.05, 3.63) is 52.2 Å². The Labute approximate surface area is 126 Å². The van der Waals surface area contributed by atoms with Crippen molar-refractivity contribution in [1.29, 1.82) is 0 Å². The topological polar surface area (TPSA) is 98.9 Å². The van der Waals surface area contributed by atoms with Gasteiger partial charge in [0, 0.05) is 17.8 Å². The van der Waals surface area contributed by atoms with Gasteiger partial charge in [0.1, 0.15) is 0 Å². The van der Waals surface area contributed by atoms with Crippen molar-refractivity contribution in [3.8, 4) is 11.5 Å². The fraction of sp³-hybridized carbons (Fsp3) is 0.143. The Kier molecular flexibility index (Phi) is 4.86. The zero-order chi connectivity index (χ0) is 15.9. The van der Waals surface area contributed by atoms with Crippen LogP contribution in [0.1, 0.15) is 5.56 Å². The molecule has 0 radical (unpaired) electrons. The number of hydrogen-bond acceptors (Lipinski definition) is 7. The number of pyridine rings is 1. The summed E-state index contributed by atoms with van der Waals surface area (Å²) in [5.74, 6) is 1.15. The van der Waals surface area contributed by atoms with Gasteiger partial charge in [0.05, 0.1) is 25.4 Å². The molecule has 1 N–H and O–H groups in total. The number of nitrogens with one attached hydrogen (secondary N) is 1. The molecule has 0 saturated heterocycles. The maximum atomic E-state index is 10.9. The summed E-state index contributed by atoms with van der Waals surface area (Å²) in [6, 6.07) is 8.15. The van der Waals surface area contributed by atoms with Crippen LogP contribution in [0.2, 0.25) is 0 Å². The Morgan fingerprint density at radius 1 is 1.27 bits per heavy atom. The molecule has 1 heterocycles. The van der Waals surface area contributed by atoms with Crippen LogP contribution in [0, 0.1) is 10.1 Å². The molecule has 8 nitrogen and oxygen atoms in total. The number of hydrazone groups is 1. The summed E-state index contributed by atoms with van der Waals surface area (Å²) in [5, 5.41) is 14.8. The van der Waals surface area contributed by atoms with Crippen LogP contribution in [-0.4, -0.2) is 30.3 Å². The lowest BCUT2D eigenvalue weighted by Gasteiger charge is -2.09. The first-order chi connectivity index (χ1) is 10.7. The number of nitro groups is 1. The van der Waals surface area contributed by atoms with Gasteiger partial charge in [-0.25, -0.2) is 4.98 Å². The maximum Gasteiger partial charge on any atom is 0.313 e. The molecule has 0 aliphatic carbocycles. The first-order valence-electron chi connectivity index (χ1n) is 6.27. The van der Waals surface area contributed by atoms with Crippen molar-refractivity contribution in [3.63, 3.8) is 0 Å². The lowest BCUT2D eigenvalue weighted by atomic mass is 10.2. The van der Waals surface area contributed by atoms with Crippen LogP contribution >= 0.6 is 0 Å². The number of hydrogen-bond donors (Lipinski definition) is 1. The summed E-state index contributed by atoms with van der Waals surface area (Å²) in [6.07, 6.45) is 2.91. The van der Waals surface area contributed by atoms with Crippen LogP contribution in [-0.2, 0) is 0 Å². The summed E-state index contributed by atoms with van der Waals surface area (Å²) in [7, 11) is 3.06. The van der Waals surface area contributed by atoms with Crippen LogP contribution < -0.4 is 14.9 Å². The monoisotopic (exact) mass is 302 g/mol. The third kappa shape index (κ3) is 3.29. The smallest absolute Gasteiger partial charge is 0.313 e. The van der Waals surface area contributed by atoms with E-state index in [1.165, 1.54) is 38.8 Å². The minimum absolute atomic E-state index is 0.0608. The van der Waals surface area contributed by atoms with Crippen LogP contribution in [0.4, 0.5) is 11.5 Å². The van der Waals surface area contributed by atoms with Gasteiger partial charge in [-0.15, -0.1) is 0 Å². The molecule has 22 heavy (non-hydrogen) atoms. The summed E-state index contributed by atoms with van der Waals surface area (Å²) < 4.78 is 10.4. The maximum absolute atomic E-state index is 10.9. The van der Waals surface area contributed by atoms with Gasteiger partial charge in [-0.1, -0.05) is 6.07 Å². The van der Waals surface area contributed by atoms with Crippen LogP contribution in [0.15, 0.2) is 41.6 Å². The minimum atomic E-state index is -0.531. The van der Waals surface area contributed by atoms with Crippen LogP contribution in [0.5, 0.6) is 11.5 Å². The number of anilines is 1. The fourth-order valence-electron chi connectivity index (χ4n) is 1.81. The van der Waals surface area contributed by atoms with Gasteiger partial charge in [-0.2, -0.15) is 5.10 Å². The first kappa shape index (κ1) is 15.2. The van der Waals surface area contributed by atoms with E-state index in [1.807, 2.05) is 0 Å². The highest BCUT2D eigenvalue weighted by Crippen LogP contribution is 2.29. The van der Waals surface area contributed by atoms with E-state index < -0.39 is 4.92 Å². The van der Waals surface area contributed by atoms with Crippen molar-refractivity contribution >= 4 is 17.7 Å². The highest BCUT2D eigenvalue weighted by Gasteiger charge is 2.13. The number of nitrogens with zero attached hydrogens (tertiary/aromatic N) is 3. The molecule has 0 aliphatic rings. The van der Waals surface area contributed by atoms with Gasteiger partial charge in [-0.3, -0.25) is 15.5 Å². The molecule has 0 amide bonds. The molecule has 2 aromatic rings. The van der Waals surface area contributed by atoms with Gasteiger partial charge >= 0.3 is 5.69 Å². The van der Waals surface area contributed by atoms with E-state index in [1.54, 1.807) is 18.2 Å². The SMILES string of the molecule is COc1cccc(C=NNc2ncccc2[N+](=O)[O-])c1OC. The third-order valence-electron chi connectivity index (χ3n) is 2.79. The predicted molar refractivity (Wildman–Crippen MR) is 81.7 cm³/mol. The number of para-hydroxylation sites is 1. The standard InChI is InChI=1S/C14H14N4O4/c1-21-12-7-3-5-10(13(12)22-2)9-16-17-14-11(18(19)20)6-4-8-15-14/h3-9H,1-2H3,(H,15,17). The minimum Gasteiger partial charge on any atom is -0.493 e. The van der Waals surface area contributed by atoms with Crippen LogP contribution in [0.25, 0.3) is 0 Å². The molecule has 0 spiro atoms. The molecule has 0 saturated carbocycles. The molecular formula is C14H14N4O4. The van der Waals surface area contributed by atoms with E-state index in [0.29, 0.717) is 17.1 Å². The zero-order valence-corrected chi connectivity index (χ0v) is 12.0. The quantitative estimate of drug-likeness (QED) is 0.500. The Bertz CT molecular complexity index is 703. The number of rotatable bonds is 6. The summed E-state index contributed by atoms with van der Waals surface area (Å²) in [6.45, 7) is 0. The van der Waals surface area contributed by atoms with E-state index in [4.69, 9.17) is 9.47 Å². The van der Waals surface area contributed by atoms with Crippen LogP contribution in [0.3, 0.4) is 0 Å². The summed E-state index contributed by atoms with van der Waals surface area (Å²) >= 11 is 0. The Morgan fingerprint density at radius 2 is 2.09 bits per heavy atom. The lowest BCUT2D eigenvalue weighted by Crippen LogP contribution is -2.00. The predicted octanol–water partition coefficient (Wildman–Crippen LogP) is 2.45. The number of aromatic nitrogens is 1. The molecule has 0 unspecified atom stereocenters. The molecule has 2 rings (SSSR count). The van der Waals surface area contributed by atoms with Gasteiger partial charge < -0.3 is 9.47 Å². The zero-order valence-electron chi connectivity index (χ0n) is 12.0. The highest BCUT2D eigenvalue weighted by atomic mass is 16.6. The van der Waals surface area contributed by atoms with Crippen molar-refractivity contribution in [2.24, 2.45) is 5.10 Å². The number of methoxy groups -OCH3 is 2. The average Bonchev–Trinajstić information content (AvgIpc) is 2.54. The molecule has 0 atom stereocenters. The summed E-state index contributed by atoms with van der Waals surface area (Å²) in [4.78, 5) is 14.2. The Morgan fingerprint density at radius 3 is 2.77 bits per heavy atom. The normalized spacial score (nSPS) is 10.5. The van der Waals surface area contributed by atoms with E-state index in [9.17, 15) is 10.1 Å². The number of benzene rings is 1. The number of ether oxygens (including phenoxy) is 2. The van der Waals surface area contributed by atoms with E-state index in [0.717, 1.165) is 0 Å². The van der Waals surface area contributed by atoms with Crippen molar-refractivity contribution in [2.45, 2.75) is 0 Å². The molecule has 0 fully saturated rings. The molecule has 1 aromatic heterocycles. The van der Waals surface area contributed by atoms with Crippen molar-refractivity contribution < 1.29 is 14.4 Å².